The van der Waals surface area contributed by atoms with Gasteiger partial charge in [-0.1, -0.05) is 0 Å². The van der Waals surface area contributed by atoms with Crippen molar-refractivity contribution in [1.29, 1.82) is 0 Å². The van der Waals surface area contributed by atoms with E-state index >= 15 is 0 Å². The topological polar surface area (TPSA) is 47.7 Å². The number of nitrogens with one attached hydrogen (secondary N) is 1. The van der Waals surface area contributed by atoms with Gasteiger partial charge in [-0.2, -0.15) is 5.10 Å². The van der Waals surface area contributed by atoms with E-state index < -0.39 is 0 Å². The molecule has 0 saturated carbocycles. The molecular formula is C12H18BrN5. The van der Waals surface area contributed by atoms with Gasteiger partial charge in [0.05, 0.1) is 22.4 Å². The van der Waals surface area contributed by atoms with Crippen LogP contribution in [-0.2, 0) is 26.7 Å². The van der Waals surface area contributed by atoms with Gasteiger partial charge < -0.3 is 9.88 Å². The summed E-state index contributed by atoms with van der Waals surface area (Å²) in [5.74, 6) is 1.03. The summed E-state index contributed by atoms with van der Waals surface area (Å²) in [5.41, 5.74) is 2.22. The first-order valence-corrected chi connectivity index (χ1v) is 6.81. The van der Waals surface area contributed by atoms with Crippen molar-refractivity contribution in [2.45, 2.75) is 33.5 Å². The van der Waals surface area contributed by atoms with E-state index in [1.165, 1.54) is 5.69 Å². The largest absolute Gasteiger partial charge is 0.337 e. The van der Waals surface area contributed by atoms with Crippen LogP contribution in [0.5, 0.6) is 0 Å². The molecule has 2 aromatic rings. The fourth-order valence-corrected chi connectivity index (χ4v) is 2.32. The molecule has 0 saturated heterocycles. The van der Waals surface area contributed by atoms with Crippen LogP contribution in [0, 0.1) is 6.92 Å². The zero-order chi connectivity index (χ0) is 13.1. The first-order valence-electron chi connectivity index (χ1n) is 6.02. The molecule has 5 nitrogen and oxygen atoms in total. The minimum atomic E-state index is 0.754. The lowest BCUT2D eigenvalue weighted by Crippen LogP contribution is -2.18. The Morgan fingerprint density at radius 2 is 2.17 bits per heavy atom. The lowest BCUT2D eigenvalue weighted by Gasteiger charge is -2.07. The van der Waals surface area contributed by atoms with Gasteiger partial charge in [0.1, 0.15) is 5.82 Å². The Morgan fingerprint density at radius 1 is 1.39 bits per heavy atom. The summed E-state index contributed by atoms with van der Waals surface area (Å²) in [4.78, 5) is 4.28. The van der Waals surface area contributed by atoms with E-state index in [0.717, 1.165) is 35.6 Å². The molecule has 0 aliphatic rings. The quantitative estimate of drug-likeness (QED) is 0.918. The second kappa shape index (κ2) is 5.67. The van der Waals surface area contributed by atoms with Crippen LogP contribution in [0.15, 0.2) is 16.9 Å². The molecule has 0 spiro atoms. The van der Waals surface area contributed by atoms with Gasteiger partial charge >= 0.3 is 0 Å². The molecular weight excluding hydrogens is 294 g/mol. The SMILES string of the molecule is CCn1nc(C)c(Br)c1CNCc1nccn1C. The van der Waals surface area contributed by atoms with E-state index in [1.807, 2.05) is 35.6 Å². The van der Waals surface area contributed by atoms with Gasteiger partial charge in [-0.05, 0) is 29.8 Å². The van der Waals surface area contributed by atoms with E-state index in [4.69, 9.17) is 0 Å². The smallest absolute Gasteiger partial charge is 0.122 e. The molecule has 0 aliphatic carbocycles. The molecule has 0 aromatic carbocycles. The highest BCUT2D eigenvalue weighted by Gasteiger charge is 2.11. The van der Waals surface area contributed by atoms with Crippen LogP contribution in [0.4, 0.5) is 0 Å². The highest BCUT2D eigenvalue weighted by molar-refractivity contribution is 9.10. The highest BCUT2D eigenvalue weighted by atomic mass is 79.9. The molecule has 2 rings (SSSR count). The predicted molar refractivity (Wildman–Crippen MR) is 74.1 cm³/mol. The molecule has 98 valence electrons. The van der Waals surface area contributed by atoms with E-state index in [2.05, 4.69) is 38.3 Å². The highest BCUT2D eigenvalue weighted by Crippen LogP contribution is 2.20. The van der Waals surface area contributed by atoms with Gasteiger partial charge in [-0.15, -0.1) is 0 Å². The molecule has 1 N–H and O–H groups in total. The standard InChI is InChI=1S/C12H18BrN5/c1-4-18-10(12(13)9(2)16-18)7-14-8-11-15-5-6-17(11)3/h5-6,14H,4,7-8H2,1-3H3. The third-order valence-corrected chi connectivity index (χ3v) is 3.98. The molecule has 0 aliphatic heterocycles. The van der Waals surface area contributed by atoms with Crippen LogP contribution in [0.25, 0.3) is 0 Å². The molecule has 18 heavy (non-hydrogen) atoms. The molecule has 6 heteroatoms. The summed E-state index contributed by atoms with van der Waals surface area (Å²) in [5, 5.41) is 7.87. The van der Waals surface area contributed by atoms with E-state index in [1.54, 1.807) is 0 Å². The monoisotopic (exact) mass is 311 g/mol. The maximum Gasteiger partial charge on any atom is 0.122 e. The molecule has 0 unspecified atom stereocenters. The number of halogens is 1. The minimum Gasteiger partial charge on any atom is -0.337 e. The van der Waals surface area contributed by atoms with Gasteiger partial charge in [0.15, 0.2) is 0 Å². The molecule has 2 aromatic heterocycles. The second-order valence-electron chi connectivity index (χ2n) is 4.22. The Labute approximate surface area is 115 Å². The Kier molecular flexibility index (Phi) is 4.19. The maximum absolute atomic E-state index is 4.47. The average Bonchev–Trinajstić information content (AvgIpc) is 2.87. The van der Waals surface area contributed by atoms with Gasteiger partial charge in [0, 0.05) is 32.5 Å². The third-order valence-electron chi connectivity index (χ3n) is 2.95. The lowest BCUT2D eigenvalue weighted by atomic mass is 10.3. The van der Waals surface area contributed by atoms with Crippen molar-refractivity contribution in [2.75, 3.05) is 0 Å². The van der Waals surface area contributed by atoms with E-state index in [-0.39, 0.29) is 0 Å². The van der Waals surface area contributed by atoms with Crippen molar-refractivity contribution in [2.24, 2.45) is 7.05 Å². The number of hydrogen-bond acceptors (Lipinski definition) is 3. The van der Waals surface area contributed by atoms with Gasteiger partial charge in [0.25, 0.3) is 0 Å². The summed E-state index contributed by atoms with van der Waals surface area (Å²) in [6.07, 6.45) is 3.76. The Morgan fingerprint density at radius 3 is 2.78 bits per heavy atom. The minimum absolute atomic E-state index is 0.754. The zero-order valence-electron chi connectivity index (χ0n) is 10.9. The van der Waals surface area contributed by atoms with Crippen LogP contribution < -0.4 is 5.32 Å². The van der Waals surface area contributed by atoms with Crippen molar-refractivity contribution in [1.82, 2.24) is 24.6 Å². The molecule has 0 amide bonds. The fraction of sp³-hybridized carbons (Fsp3) is 0.500. The normalized spacial score (nSPS) is 11.1. The third kappa shape index (κ3) is 2.64. The van der Waals surface area contributed by atoms with Crippen molar-refractivity contribution in [3.05, 3.63) is 34.1 Å². The molecule has 0 bridgehead atoms. The number of imidazole rings is 1. The van der Waals surface area contributed by atoms with E-state index in [0.29, 0.717) is 0 Å². The van der Waals surface area contributed by atoms with Gasteiger partial charge in [-0.3, -0.25) is 4.68 Å². The van der Waals surface area contributed by atoms with Crippen LogP contribution in [-0.4, -0.2) is 19.3 Å². The maximum atomic E-state index is 4.47. The summed E-state index contributed by atoms with van der Waals surface area (Å²) in [7, 11) is 2.00. The number of rotatable bonds is 5. The van der Waals surface area contributed by atoms with Crippen LogP contribution in [0.1, 0.15) is 24.1 Å². The van der Waals surface area contributed by atoms with Crippen molar-refractivity contribution in [3.63, 3.8) is 0 Å². The molecule has 0 atom stereocenters. The summed E-state index contributed by atoms with van der Waals surface area (Å²) >= 11 is 3.59. The zero-order valence-corrected chi connectivity index (χ0v) is 12.5. The molecule has 0 radical (unpaired) electrons. The average molecular weight is 312 g/mol. The van der Waals surface area contributed by atoms with Crippen LogP contribution in [0.2, 0.25) is 0 Å². The summed E-state index contributed by atoms with van der Waals surface area (Å²) < 4.78 is 5.13. The Hall–Kier alpha value is -1.14. The van der Waals surface area contributed by atoms with E-state index in [9.17, 15) is 0 Å². The number of aromatic nitrogens is 4. The number of hydrogen-bond donors (Lipinski definition) is 1. The van der Waals surface area contributed by atoms with Crippen molar-refractivity contribution < 1.29 is 0 Å². The first-order chi connectivity index (χ1) is 8.63. The van der Waals surface area contributed by atoms with Gasteiger partial charge in [-0.25, -0.2) is 4.98 Å². The Bertz CT molecular complexity index is 529. The number of aryl methyl sites for hydroxylation is 3. The molecule has 2 heterocycles. The van der Waals surface area contributed by atoms with Crippen molar-refractivity contribution >= 4 is 15.9 Å². The molecule has 0 fully saturated rings. The lowest BCUT2D eigenvalue weighted by molar-refractivity contribution is 0.566. The second-order valence-corrected chi connectivity index (χ2v) is 5.01. The fourth-order valence-electron chi connectivity index (χ4n) is 1.90. The number of nitrogens with zero attached hydrogens (tertiary/aromatic N) is 4. The van der Waals surface area contributed by atoms with Crippen molar-refractivity contribution in [3.8, 4) is 0 Å². The summed E-state index contributed by atoms with van der Waals surface area (Å²) in [6.45, 7) is 6.53. The Balaban J connectivity index is 2.00. The summed E-state index contributed by atoms with van der Waals surface area (Å²) in [6, 6.07) is 0. The van der Waals surface area contributed by atoms with Crippen LogP contribution in [0.3, 0.4) is 0 Å². The van der Waals surface area contributed by atoms with Gasteiger partial charge in [0.2, 0.25) is 0 Å². The van der Waals surface area contributed by atoms with Crippen LogP contribution >= 0.6 is 15.9 Å². The predicted octanol–water partition coefficient (Wildman–Crippen LogP) is 2.00. The first kappa shape index (κ1) is 13.3.